The highest BCUT2D eigenvalue weighted by Gasteiger charge is 2.20. The van der Waals surface area contributed by atoms with Crippen LogP contribution in [0.2, 0.25) is 0 Å². The molecule has 0 bridgehead atoms. The SMILES string of the molecule is Cc1cc(-c2c3scc(C)c3cc[n+]2C)c(C)c2ccccc12. The topological polar surface area (TPSA) is 3.88 Å². The van der Waals surface area contributed by atoms with E-state index in [0.29, 0.717) is 0 Å². The van der Waals surface area contributed by atoms with E-state index in [4.69, 9.17) is 0 Å². The van der Waals surface area contributed by atoms with Crippen LogP contribution >= 0.6 is 11.3 Å². The molecule has 0 atom stereocenters. The summed E-state index contributed by atoms with van der Waals surface area (Å²) in [7, 11) is 2.15. The van der Waals surface area contributed by atoms with Gasteiger partial charge in [0.15, 0.2) is 6.20 Å². The van der Waals surface area contributed by atoms with Gasteiger partial charge in [0.05, 0.1) is 5.56 Å². The van der Waals surface area contributed by atoms with Crippen LogP contribution in [0.4, 0.5) is 0 Å². The Hall–Kier alpha value is -2.19. The van der Waals surface area contributed by atoms with E-state index in [1.807, 2.05) is 11.3 Å². The molecule has 0 radical (unpaired) electrons. The van der Waals surface area contributed by atoms with E-state index in [9.17, 15) is 0 Å². The number of rotatable bonds is 1. The summed E-state index contributed by atoms with van der Waals surface area (Å²) in [4.78, 5) is 0. The molecule has 4 rings (SSSR count). The molecule has 0 aliphatic carbocycles. The number of pyridine rings is 1. The van der Waals surface area contributed by atoms with Gasteiger partial charge in [-0.25, -0.2) is 0 Å². The monoisotopic (exact) mass is 318 g/mol. The summed E-state index contributed by atoms with van der Waals surface area (Å²) >= 11 is 1.85. The van der Waals surface area contributed by atoms with Crippen molar-refractivity contribution in [3.63, 3.8) is 0 Å². The Kier molecular flexibility index (Phi) is 3.24. The average molecular weight is 318 g/mol. The van der Waals surface area contributed by atoms with Gasteiger partial charge in [0.25, 0.3) is 0 Å². The Morgan fingerprint density at radius 3 is 2.39 bits per heavy atom. The molecule has 0 N–H and O–H groups in total. The summed E-state index contributed by atoms with van der Waals surface area (Å²) in [5.41, 5.74) is 6.73. The van der Waals surface area contributed by atoms with Crippen LogP contribution in [0.25, 0.3) is 32.1 Å². The molecule has 0 spiro atoms. The number of fused-ring (bicyclic) bond motifs is 2. The lowest BCUT2D eigenvalue weighted by Gasteiger charge is -2.11. The van der Waals surface area contributed by atoms with Crippen LogP contribution in [0.15, 0.2) is 48.0 Å². The lowest BCUT2D eigenvalue weighted by molar-refractivity contribution is -0.659. The van der Waals surface area contributed by atoms with Crippen LogP contribution in [0, 0.1) is 20.8 Å². The largest absolute Gasteiger partial charge is 0.230 e. The Bertz CT molecular complexity index is 1060. The van der Waals surface area contributed by atoms with Crippen molar-refractivity contribution < 1.29 is 4.57 Å². The maximum Gasteiger partial charge on any atom is 0.230 e. The molecule has 0 fully saturated rings. The van der Waals surface area contributed by atoms with E-state index in [0.717, 1.165) is 0 Å². The van der Waals surface area contributed by atoms with E-state index in [1.165, 1.54) is 48.8 Å². The lowest BCUT2D eigenvalue weighted by atomic mass is 9.93. The van der Waals surface area contributed by atoms with Gasteiger partial charge < -0.3 is 0 Å². The second kappa shape index (κ2) is 5.17. The Balaban J connectivity index is 2.15. The highest BCUT2D eigenvalue weighted by atomic mass is 32.1. The smallest absolute Gasteiger partial charge is 0.200 e. The van der Waals surface area contributed by atoms with Crippen LogP contribution in [0.5, 0.6) is 0 Å². The van der Waals surface area contributed by atoms with Crippen molar-refractivity contribution in [2.45, 2.75) is 20.8 Å². The first-order valence-electron chi connectivity index (χ1n) is 7.93. The minimum absolute atomic E-state index is 1.33. The van der Waals surface area contributed by atoms with Crippen molar-refractivity contribution in [3.8, 4) is 11.3 Å². The molecule has 2 heterocycles. The number of benzene rings is 2. The zero-order valence-corrected chi connectivity index (χ0v) is 14.8. The van der Waals surface area contributed by atoms with Crippen LogP contribution in [0.3, 0.4) is 0 Å². The second-order valence-electron chi connectivity index (χ2n) is 6.35. The van der Waals surface area contributed by atoms with Crippen LogP contribution in [0.1, 0.15) is 16.7 Å². The minimum Gasteiger partial charge on any atom is -0.200 e. The van der Waals surface area contributed by atoms with E-state index < -0.39 is 0 Å². The number of aryl methyl sites for hydroxylation is 4. The first-order chi connectivity index (χ1) is 11.1. The Labute approximate surface area is 140 Å². The molecule has 0 saturated carbocycles. The van der Waals surface area contributed by atoms with E-state index >= 15 is 0 Å². The van der Waals surface area contributed by atoms with E-state index in [2.05, 4.69) is 80.4 Å². The molecule has 2 aromatic carbocycles. The molecular weight excluding hydrogens is 298 g/mol. The van der Waals surface area contributed by atoms with Crippen LogP contribution < -0.4 is 4.57 Å². The molecule has 0 unspecified atom stereocenters. The fraction of sp³-hybridized carbons (Fsp3) is 0.190. The van der Waals surface area contributed by atoms with Crippen molar-refractivity contribution in [3.05, 3.63) is 64.7 Å². The zero-order chi connectivity index (χ0) is 16.1. The van der Waals surface area contributed by atoms with Gasteiger partial charge in [0.2, 0.25) is 5.69 Å². The van der Waals surface area contributed by atoms with E-state index in [-0.39, 0.29) is 0 Å². The maximum absolute atomic E-state index is 2.35. The summed E-state index contributed by atoms with van der Waals surface area (Å²) < 4.78 is 3.64. The van der Waals surface area contributed by atoms with Gasteiger partial charge in [-0.15, -0.1) is 11.3 Å². The van der Waals surface area contributed by atoms with Crippen LogP contribution in [-0.2, 0) is 7.05 Å². The van der Waals surface area contributed by atoms with Gasteiger partial charge in [-0.1, -0.05) is 24.3 Å². The third-order valence-electron chi connectivity index (χ3n) is 4.83. The van der Waals surface area contributed by atoms with Crippen molar-refractivity contribution in [1.82, 2.24) is 0 Å². The molecule has 4 aromatic rings. The number of hydrogen-bond donors (Lipinski definition) is 0. The first kappa shape index (κ1) is 14.4. The summed E-state index contributed by atoms with van der Waals surface area (Å²) in [5.74, 6) is 0. The third-order valence-corrected chi connectivity index (χ3v) is 5.95. The average Bonchev–Trinajstić information content (AvgIpc) is 2.93. The number of thiophene rings is 1. The van der Waals surface area contributed by atoms with Gasteiger partial charge in [0, 0.05) is 11.5 Å². The molecule has 2 heteroatoms. The Morgan fingerprint density at radius 1 is 0.870 bits per heavy atom. The number of hydrogen-bond acceptors (Lipinski definition) is 1. The summed E-state index contributed by atoms with van der Waals surface area (Å²) in [6, 6.07) is 13.3. The quantitative estimate of drug-likeness (QED) is 0.410. The molecule has 114 valence electrons. The highest BCUT2D eigenvalue weighted by molar-refractivity contribution is 7.17. The first-order valence-corrected chi connectivity index (χ1v) is 8.81. The molecular formula is C21H20NS+. The van der Waals surface area contributed by atoms with E-state index in [1.54, 1.807) is 0 Å². The fourth-order valence-electron chi connectivity index (χ4n) is 3.52. The zero-order valence-electron chi connectivity index (χ0n) is 14.0. The fourth-order valence-corrected chi connectivity index (χ4v) is 4.67. The van der Waals surface area contributed by atoms with Gasteiger partial charge in [0.1, 0.15) is 11.7 Å². The Morgan fingerprint density at radius 2 is 1.61 bits per heavy atom. The summed E-state index contributed by atoms with van der Waals surface area (Å²) in [6.45, 7) is 6.66. The van der Waals surface area contributed by atoms with Crippen molar-refractivity contribution in [1.29, 1.82) is 0 Å². The number of aromatic nitrogens is 1. The molecule has 0 aliphatic heterocycles. The summed E-state index contributed by atoms with van der Waals surface area (Å²) in [5, 5.41) is 6.34. The van der Waals surface area contributed by atoms with Crippen molar-refractivity contribution in [2.75, 3.05) is 0 Å². The normalized spacial score (nSPS) is 11.5. The van der Waals surface area contributed by atoms with Gasteiger partial charge in [-0.05, 0) is 59.7 Å². The molecule has 0 aliphatic rings. The standard InChI is InChI=1S/C21H20NS/c1-13-11-19(15(3)18-8-6-5-7-16(13)18)20-21-17(9-10-22(20)4)14(2)12-23-21/h5-12H,1-4H3/q+1. The van der Waals surface area contributed by atoms with Crippen LogP contribution in [-0.4, -0.2) is 0 Å². The molecule has 0 amide bonds. The molecule has 0 saturated heterocycles. The summed E-state index contributed by atoms with van der Waals surface area (Å²) in [6.07, 6.45) is 2.18. The third kappa shape index (κ3) is 2.09. The van der Waals surface area contributed by atoms with Gasteiger partial charge in [-0.3, -0.25) is 0 Å². The highest BCUT2D eigenvalue weighted by Crippen LogP contribution is 2.36. The number of nitrogens with zero attached hydrogens (tertiary/aromatic N) is 1. The van der Waals surface area contributed by atoms with Crippen molar-refractivity contribution in [2.24, 2.45) is 7.05 Å². The molecule has 1 nitrogen and oxygen atoms in total. The molecule has 2 aromatic heterocycles. The van der Waals surface area contributed by atoms with Gasteiger partial charge >= 0.3 is 0 Å². The molecule has 23 heavy (non-hydrogen) atoms. The van der Waals surface area contributed by atoms with Gasteiger partial charge in [-0.2, -0.15) is 4.57 Å². The lowest BCUT2D eigenvalue weighted by Crippen LogP contribution is -2.30. The predicted molar refractivity (Wildman–Crippen MR) is 100 cm³/mol. The van der Waals surface area contributed by atoms with Crippen molar-refractivity contribution >= 4 is 32.2 Å². The maximum atomic E-state index is 2.35. The predicted octanol–water partition coefficient (Wildman–Crippen LogP) is 5.47. The minimum atomic E-state index is 1.33. The second-order valence-corrected chi connectivity index (χ2v) is 7.23.